The van der Waals surface area contributed by atoms with Crippen LogP contribution in [0.3, 0.4) is 0 Å². The van der Waals surface area contributed by atoms with Gasteiger partial charge in [-0.15, -0.1) is 0 Å². The molecule has 0 amide bonds. The minimum Gasteiger partial charge on any atom is -0.480 e. The van der Waals surface area contributed by atoms with Crippen molar-refractivity contribution >= 4 is 33.3 Å². The second kappa shape index (κ2) is 7.41. The minimum absolute atomic E-state index is 0.0528. The summed E-state index contributed by atoms with van der Waals surface area (Å²) in [5.41, 5.74) is 1.50. The monoisotopic (exact) mass is 385 g/mol. The van der Waals surface area contributed by atoms with Crippen LogP contribution in [-0.4, -0.2) is 31.8 Å². The van der Waals surface area contributed by atoms with Crippen molar-refractivity contribution in [1.82, 2.24) is 0 Å². The van der Waals surface area contributed by atoms with Crippen LogP contribution in [0.5, 0.6) is 0 Å². The minimum atomic E-state index is -3.91. The Morgan fingerprint density at radius 1 is 1.24 bits per heavy atom. The van der Waals surface area contributed by atoms with E-state index in [9.17, 15) is 22.7 Å². The van der Waals surface area contributed by atoms with E-state index >= 15 is 0 Å². The highest BCUT2D eigenvalue weighted by molar-refractivity contribution is 7.92. The number of aryl methyl sites for hydroxylation is 1. The van der Waals surface area contributed by atoms with Gasteiger partial charge in [0.05, 0.1) is 11.9 Å². The first-order valence-electron chi connectivity index (χ1n) is 7.32. The van der Waals surface area contributed by atoms with Gasteiger partial charge in [-0.25, -0.2) is 17.6 Å². The Balaban J connectivity index is 2.50. The van der Waals surface area contributed by atoms with Crippen molar-refractivity contribution in [3.8, 4) is 0 Å². The summed E-state index contributed by atoms with van der Waals surface area (Å²) >= 11 is 5.90. The lowest BCUT2D eigenvalue weighted by molar-refractivity contribution is -0.138. The lowest BCUT2D eigenvalue weighted by Crippen LogP contribution is -2.46. The topological polar surface area (TPSA) is 74.7 Å². The van der Waals surface area contributed by atoms with Gasteiger partial charge in [-0.2, -0.15) is 0 Å². The first-order chi connectivity index (χ1) is 11.6. The van der Waals surface area contributed by atoms with Crippen LogP contribution in [0.1, 0.15) is 11.1 Å². The van der Waals surface area contributed by atoms with E-state index in [0.29, 0.717) is 10.6 Å². The number of carbonyl (C=O) groups is 1. The molecule has 0 spiro atoms. The molecule has 0 bridgehead atoms. The summed E-state index contributed by atoms with van der Waals surface area (Å²) in [7, 11) is -3.91. The van der Waals surface area contributed by atoms with Gasteiger partial charge < -0.3 is 5.11 Å². The number of aliphatic carboxylic acids is 1. The van der Waals surface area contributed by atoms with Gasteiger partial charge in [-0.3, -0.25) is 4.31 Å². The molecule has 0 saturated heterocycles. The molecule has 5 nitrogen and oxygen atoms in total. The van der Waals surface area contributed by atoms with Crippen LogP contribution in [0.25, 0.3) is 0 Å². The fourth-order valence-electron chi connectivity index (χ4n) is 2.56. The average Bonchev–Trinajstić information content (AvgIpc) is 2.49. The summed E-state index contributed by atoms with van der Waals surface area (Å²) in [5.74, 6) is -1.85. The number of sulfonamides is 1. The predicted molar refractivity (Wildman–Crippen MR) is 95.0 cm³/mol. The van der Waals surface area contributed by atoms with Gasteiger partial charge in [0.2, 0.25) is 10.0 Å². The van der Waals surface area contributed by atoms with Gasteiger partial charge in [0.25, 0.3) is 0 Å². The zero-order valence-electron chi connectivity index (χ0n) is 13.6. The van der Waals surface area contributed by atoms with Crippen LogP contribution >= 0.6 is 11.6 Å². The first kappa shape index (κ1) is 19.2. The van der Waals surface area contributed by atoms with E-state index in [1.54, 1.807) is 25.1 Å². The van der Waals surface area contributed by atoms with Crippen LogP contribution in [0.4, 0.5) is 10.1 Å². The lowest BCUT2D eigenvalue weighted by Gasteiger charge is -2.29. The summed E-state index contributed by atoms with van der Waals surface area (Å²) in [6.07, 6.45) is 0.865. The molecule has 0 aliphatic carbocycles. The van der Waals surface area contributed by atoms with Crippen LogP contribution in [0, 0.1) is 12.7 Å². The molecule has 8 heteroatoms. The van der Waals surface area contributed by atoms with Crippen molar-refractivity contribution in [2.45, 2.75) is 19.4 Å². The Labute approximate surface area is 150 Å². The fraction of sp³-hybridized carbons (Fsp3) is 0.235. The van der Waals surface area contributed by atoms with Gasteiger partial charge in [0, 0.05) is 11.4 Å². The standard InChI is InChI=1S/C17H17ClFNO4S/c1-11-9-13(18)4-3-12(11)10-16(17(21)22)20(25(2,23)24)15-7-5-14(19)6-8-15/h3-9,16H,10H2,1-2H3,(H,21,22)/t16-/m0/s1. The molecular formula is C17H17ClFNO4S. The molecule has 2 rings (SSSR count). The normalized spacial score (nSPS) is 12.6. The summed E-state index contributed by atoms with van der Waals surface area (Å²) in [5, 5.41) is 10.1. The van der Waals surface area contributed by atoms with E-state index < -0.39 is 27.9 Å². The van der Waals surface area contributed by atoms with Gasteiger partial charge in [0.15, 0.2) is 0 Å². The SMILES string of the molecule is Cc1cc(Cl)ccc1C[C@@H](C(=O)O)N(c1ccc(F)cc1)S(C)(=O)=O. The largest absolute Gasteiger partial charge is 0.480 e. The molecular weight excluding hydrogens is 369 g/mol. The molecule has 2 aromatic rings. The highest BCUT2D eigenvalue weighted by Crippen LogP contribution is 2.25. The second-order valence-corrected chi connectivity index (χ2v) is 7.96. The Bertz CT molecular complexity index is 884. The molecule has 1 N–H and O–H groups in total. The van der Waals surface area contributed by atoms with E-state index in [4.69, 9.17) is 11.6 Å². The zero-order chi connectivity index (χ0) is 18.8. The summed E-state index contributed by atoms with van der Waals surface area (Å²) in [4.78, 5) is 11.8. The molecule has 0 saturated carbocycles. The molecule has 134 valence electrons. The van der Waals surface area contributed by atoms with Crippen molar-refractivity contribution in [3.05, 3.63) is 64.4 Å². The Hall–Kier alpha value is -2.12. The second-order valence-electron chi connectivity index (χ2n) is 5.66. The van der Waals surface area contributed by atoms with E-state index in [2.05, 4.69) is 0 Å². The number of carboxylic acid groups (broad SMARTS) is 1. The molecule has 0 heterocycles. The maximum Gasteiger partial charge on any atom is 0.327 e. The molecule has 0 fully saturated rings. The number of benzene rings is 2. The van der Waals surface area contributed by atoms with Crippen molar-refractivity contribution in [1.29, 1.82) is 0 Å². The molecule has 0 aliphatic heterocycles. The third kappa shape index (κ3) is 4.70. The summed E-state index contributed by atoms with van der Waals surface area (Å²) in [6, 6.07) is 8.23. The molecule has 0 aromatic heterocycles. The number of rotatable bonds is 6. The van der Waals surface area contributed by atoms with Crippen LogP contribution in [0.2, 0.25) is 5.02 Å². The lowest BCUT2D eigenvalue weighted by atomic mass is 10.0. The highest BCUT2D eigenvalue weighted by Gasteiger charge is 2.33. The van der Waals surface area contributed by atoms with E-state index in [1.165, 1.54) is 12.1 Å². The smallest absolute Gasteiger partial charge is 0.327 e. The Morgan fingerprint density at radius 3 is 2.32 bits per heavy atom. The Morgan fingerprint density at radius 2 is 1.84 bits per heavy atom. The zero-order valence-corrected chi connectivity index (χ0v) is 15.2. The number of carboxylic acids is 1. The van der Waals surface area contributed by atoms with Crippen LogP contribution < -0.4 is 4.31 Å². The van der Waals surface area contributed by atoms with Gasteiger partial charge >= 0.3 is 5.97 Å². The number of halogens is 2. The quantitative estimate of drug-likeness (QED) is 0.828. The van der Waals surface area contributed by atoms with E-state index in [1.807, 2.05) is 0 Å². The average molecular weight is 386 g/mol. The molecule has 2 aromatic carbocycles. The molecule has 0 radical (unpaired) electrons. The number of nitrogens with zero attached hydrogens (tertiary/aromatic N) is 1. The van der Waals surface area contributed by atoms with Crippen molar-refractivity contribution in [2.24, 2.45) is 0 Å². The van der Waals surface area contributed by atoms with E-state index in [-0.39, 0.29) is 12.1 Å². The number of hydrogen-bond acceptors (Lipinski definition) is 3. The first-order valence-corrected chi connectivity index (χ1v) is 9.55. The predicted octanol–water partition coefficient (Wildman–Crippen LogP) is 3.25. The number of hydrogen-bond donors (Lipinski definition) is 1. The maximum absolute atomic E-state index is 13.1. The maximum atomic E-state index is 13.1. The third-order valence-electron chi connectivity index (χ3n) is 3.72. The van der Waals surface area contributed by atoms with Gasteiger partial charge in [0.1, 0.15) is 11.9 Å². The summed E-state index contributed by atoms with van der Waals surface area (Å²) < 4.78 is 38.4. The van der Waals surface area contributed by atoms with Crippen LogP contribution in [-0.2, 0) is 21.2 Å². The van der Waals surface area contributed by atoms with Gasteiger partial charge in [-0.1, -0.05) is 17.7 Å². The van der Waals surface area contributed by atoms with Crippen LogP contribution in [0.15, 0.2) is 42.5 Å². The van der Waals surface area contributed by atoms with E-state index in [0.717, 1.165) is 28.3 Å². The number of anilines is 1. The van der Waals surface area contributed by atoms with Crippen molar-refractivity contribution < 1.29 is 22.7 Å². The highest BCUT2D eigenvalue weighted by atomic mass is 35.5. The molecule has 25 heavy (non-hydrogen) atoms. The molecule has 0 unspecified atom stereocenters. The molecule has 1 atom stereocenters. The fourth-order valence-corrected chi connectivity index (χ4v) is 3.92. The van der Waals surface area contributed by atoms with Gasteiger partial charge in [-0.05, 0) is 54.4 Å². The van der Waals surface area contributed by atoms with Crippen molar-refractivity contribution in [2.75, 3.05) is 10.6 Å². The van der Waals surface area contributed by atoms with Crippen molar-refractivity contribution in [3.63, 3.8) is 0 Å². The summed E-state index contributed by atoms with van der Waals surface area (Å²) in [6.45, 7) is 1.77. The molecule has 0 aliphatic rings. The third-order valence-corrected chi connectivity index (χ3v) is 5.14. The Kier molecular flexibility index (Phi) is 5.69.